The van der Waals surface area contributed by atoms with E-state index < -0.39 is 27.5 Å². The number of carbonyl (C=O) groups is 1. The fraction of sp³-hybridized carbons (Fsp3) is 0.462. The van der Waals surface area contributed by atoms with Crippen molar-refractivity contribution in [2.45, 2.75) is 32.2 Å². The lowest BCUT2D eigenvalue weighted by atomic mass is 10.1. The number of unbranched alkanes of at least 4 members (excludes halogenated alkanes) is 1. The summed E-state index contributed by atoms with van der Waals surface area (Å²) in [5.74, 6) is -0.541. The molecule has 0 saturated carbocycles. The average Bonchev–Trinajstić information content (AvgIpc) is 2.50. The smallest absolute Gasteiger partial charge is 0.328 e. The maximum atomic E-state index is 11.7. The van der Waals surface area contributed by atoms with Crippen LogP contribution in [0.15, 0.2) is 18.2 Å². The van der Waals surface area contributed by atoms with Crippen LogP contribution in [0.4, 0.5) is 17.1 Å². The van der Waals surface area contributed by atoms with E-state index in [1.54, 1.807) is 0 Å². The molecule has 1 atom stereocenters. The molecule has 1 aromatic carbocycles. The van der Waals surface area contributed by atoms with Gasteiger partial charge in [0, 0.05) is 6.07 Å². The Morgan fingerprint density at radius 3 is 2.50 bits per heavy atom. The number of methoxy groups -OCH3 is 1. The van der Waals surface area contributed by atoms with Crippen LogP contribution in [-0.2, 0) is 9.53 Å². The standard InChI is InChI=1S/C13H17N3O6/c1-3-4-5-11(13(17)22-2)14-10-7-6-9(15(18)19)8-12(10)16(20)21/h6-8,11,14H,3-5H2,1-2H3. The van der Waals surface area contributed by atoms with Crippen molar-refractivity contribution in [3.05, 3.63) is 38.4 Å². The Labute approximate surface area is 126 Å². The number of anilines is 1. The molecule has 0 spiro atoms. The third-order valence-corrected chi connectivity index (χ3v) is 3.05. The molecular formula is C13H17N3O6. The summed E-state index contributed by atoms with van der Waals surface area (Å²) < 4.78 is 4.66. The lowest BCUT2D eigenvalue weighted by Crippen LogP contribution is -2.30. The summed E-state index contributed by atoms with van der Waals surface area (Å²) in [5.41, 5.74) is -0.804. The van der Waals surface area contributed by atoms with E-state index in [1.807, 2.05) is 6.92 Å². The van der Waals surface area contributed by atoms with Gasteiger partial charge in [0.15, 0.2) is 0 Å². The van der Waals surface area contributed by atoms with Crippen LogP contribution in [0.25, 0.3) is 0 Å². The van der Waals surface area contributed by atoms with E-state index in [2.05, 4.69) is 10.1 Å². The SMILES string of the molecule is CCCCC(Nc1ccc([N+](=O)[O-])cc1[N+](=O)[O-])C(=O)OC. The van der Waals surface area contributed by atoms with Crippen LogP contribution in [0, 0.1) is 20.2 Å². The van der Waals surface area contributed by atoms with E-state index in [0.717, 1.165) is 25.0 Å². The van der Waals surface area contributed by atoms with Crippen molar-refractivity contribution in [1.29, 1.82) is 0 Å². The van der Waals surface area contributed by atoms with Crippen LogP contribution in [0.5, 0.6) is 0 Å². The fourth-order valence-electron chi connectivity index (χ4n) is 1.89. The van der Waals surface area contributed by atoms with Crippen molar-refractivity contribution >= 4 is 23.0 Å². The number of rotatable bonds is 8. The van der Waals surface area contributed by atoms with Crippen molar-refractivity contribution in [2.24, 2.45) is 0 Å². The minimum absolute atomic E-state index is 0.0436. The Hall–Kier alpha value is -2.71. The Morgan fingerprint density at radius 2 is 2.00 bits per heavy atom. The summed E-state index contributed by atoms with van der Waals surface area (Å²) in [6.45, 7) is 1.95. The summed E-state index contributed by atoms with van der Waals surface area (Å²) in [7, 11) is 1.23. The minimum atomic E-state index is -0.745. The molecule has 0 aromatic heterocycles. The van der Waals surface area contributed by atoms with Crippen LogP contribution in [0.1, 0.15) is 26.2 Å². The highest BCUT2D eigenvalue weighted by Gasteiger charge is 2.24. The van der Waals surface area contributed by atoms with Crippen LogP contribution < -0.4 is 5.32 Å². The van der Waals surface area contributed by atoms with Gasteiger partial charge in [-0.3, -0.25) is 20.2 Å². The van der Waals surface area contributed by atoms with Crippen LogP contribution >= 0.6 is 0 Å². The normalized spacial score (nSPS) is 11.5. The van der Waals surface area contributed by atoms with Crippen LogP contribution in [-0.4, -0.2) is 29.0 Å². The molecule has 0 aliphatic rings. The Morgan fingerprint density at radius 1 is 1.32 bits per heavy atom. The lowest BCUT2D eigenvalue weighted by Gasteiger charge is -2.17. The predicted molar refractivity (Wildman–Crippen MR) is 78.7 cm³/mol. The molecule has 120 valence electrons. The van der Waals surface area contributed by atoms with Crippen molar-refractivity contribution < 1.29 is 19.4 Å². The van der Waals surface area contributed by atoms with Crippen molar-refractivity contribution in [3.8, 4) is 0 Å². The Bertz CT molecular complexity index is 575. The third kappa shape index (κ3) is 4.40. The molecule has 0 radical (unpaired) electrons. The molecule has 22 heavy (non-hydrogen) atoms. The zero-order valence-electron chi connectivity index (χ0n) is 12.3. The molecule has 0 aliphatic heterocycles. The van der Waals surface area contributed by atoms with E-state index in [9.17, 15) is 25.0 Å². The highest BCUT2D eigenvalue weighted by atomic mass is 16.6. The van der Waals surface area contributed by atoms with Crippen molar-refractivity contribution in [2.75, 3.05) is 12.4 Å². The van der Waals surface area contributed by atoms with E-state index >= 15 is 0 Å². The minimum Gasteiger partial charge on any atom is -0.467 e. The Balaban J connectivity index is 3.09. The summed E-state index contributed by atoms with van der Waals surface area (Å²) in [6.07, 6.45) is 2.02. The number of esters is 1. The molecule has 0 heterocycles. The fourth-order valence-corrected chi connectivity index (χ4v) is 1.89. The molecule has 1 aromatic rings. The van der Waals surface area contributed by atoms with Gasteiger partial charge in [0.05, 0.1) is 23.0 Å². The predicted octanol–water partition coefficient (Wildman–Crippen LogP) is 2.65. The van der Waals surface area contributed by atoms with E-state index in [1.165, 1.54) is 13.2 Å². The van der Waals surface area contributed by atoms with Gasteiger partial charge < -0.3 is 10.1 Å². The lowest BCUT2D eigenvalue weighted by molar-refractivity contribution is -0.393. The van der Waals surface area contributed by atoms with Gasteiger partial charge in [0.1, 0.15) is 11.7 Å². The van der Waals surface area contributed by atoms with Crippen LogP contribution in [0.3, 0.4) is 0 Å². The number of nitro benzene ring substituents is 2. The first kappa shape index (κ1) is 17.3. The summed E-state index contributed by atoms with van der Waals surface area (Å²) in [6, 6.07) is 2.48. The topological polar surface area (TPSA) is 125 Å². The first-order chi connectivity index (χ1) is 10.4. The molecule has 9 heteroatoms. The van der Waals surface area contributed by atoms with E-state index in [-0.39, 0.29) is 11.4 Å². The van der Waals surface area contributed by atoms with Gasteiger partial charge in [-0.2, -0.15) is 0 Å². The molecule has 0 saturated heterocycles. The number of nitrogens with zero attached hydrogens (tertiary/aromatic N) is 2. The third-order valence-electron chi connectivity index (χ3n) is 3.05. The van der Waals surface area contributed by atoms with E-state index in [0.29, 0.717) is 6.42 Å². The maximum absolute atomic E-state index is 11.7. The first-order valence-corrected chi connectivity index (χ1v) is 6.67. The molecule has 0 fully saturated rings. The summed E-state index contributed by atoms with van der Waals surface area (Å²) in [5, 5.41) is 24.5. The quantitative estimate of drug-likeness (QED) is 0.444. The Kier molecular flexibility index (Phi) is 6.24. The number of ether oxygens (including phenoxy) is 1. The number of nitro groups is 2. The van der Waals surface area contributed by atoms with Gasteiger partial charge in [0.2, 0.25) is 0 Å². The average molecular weight is 311 g/mol. The largest absolute Gasteiger partial charge is 0.467 e. The molecule has 1 N–H and O–H groups in total. The second-order valence-electron chi connectivity index (χ2n) is 4.58. The molecule has 9 nitrogen and oxygen atoms in total. The van der Waals surface area contributed by atoms with Gasteiger partial charge in [-0.05, 0) is 12.5 Å². The highest BCUT2D eigenvalue weighted by Crippen LogP contribution is 2.30. The number of hydrogen-bond donors (Lipinski definition) is 1. The molecule has 1 unspecified atom stereocenters. The first-order valence-electron chi connectivity index (χ1n) is 6.67. The molecule has 0 bridgehead atoms. The second-order valence-corrected chi connectivity index (χ2v) is 4.58. The zero-order valence-corrected chi connectivity index (χ0v) is 12.3. The molecular weight excluding hydrogens is 294 g/mol. The summed E-state index contributed by atoms with van der Waals surface area (Å²) in [4.78, 5) is 32.0. The molecule has 0 aliphatic carbocycles. The van der Waals surface area contributed by atoms with Gasteiger partial charge >= 0.3 is 5.97 Å². The monoisotopic (exact) mass is 311 g/mol. The van der Waals surface area contributed by atoms with Crippen molar-refractivity contribution in [1.82, 2.24) is 0 Å². The van der Waals surface area contributed by atoms with Gasteiger partial charge in [0.25, 0.3) is 11.4 Å². The van der Waals surface area contributed by atoms with Crippen molar-refractivity contribution in [3.63, 3.8) is 0 Å². The highest BCUT2D eigenvalue weighted by molar-refractivity contribution is 5.81. The number of benzene rings is 1. The molecule has 1 rings (SSSR count). The number of nitrogens with one attached hydrogen (secondary N) is 1. The number of non-ortho nitro benzene ring substituents is 1. The van der Waals surface area contributed by atoms with Gasteiger partial charge in [-0.1, -0.05) is 19.8 Å². The summed E-state index contributed by atoms with van der Waals surface area (Å²) >= 11 is 0. The van der Waals surface area contributed by atoms with Gasteiger partial charge in [-0.15, -0.1) is 0 Å². The maximum Gasteiger partial charge on any atom is 0.328 e. The number of hydrogen-bond acceptors (Lipinski definition) is 7. The zero-order chi connectivity index (χ0) is 16.7. The van der Waals surface area contributed by atoms with Crippen LogP contribution in [0.2, 0.25) is 0 Å². The molecule has 0 amide bonds. The second kappa shape index (κ2) is 7.91. The number of carbonyl (C=O) groups excluding carboxylic acids is 1. The van der Waals surface area contributed by atoms with E-state index in [4.69, 9.17) is 0 Å². The van der Waals surface area contributed by atoms with Gasteiger partial charge in [-0.25, -0.2) is 4.79 Å².